The van der Waals surface area contributed by atoms with E-state index in [1.54, 1.807) is 40.3 Å². The van der Waals surface area contributed by atoms with E-state index in [2.05, 4.69) is 40.9 Å². The number of anilines is 1. The maximum Gasteiger partial charge on any atom is 0.320 e. The highest BCUT2D eigenvalue weighted by atomic mass is 32.2. The Labute approximate surface area is 270 Å². The Hall–Kier alpha value is -4.74. The van der Waals surface area contributed by atoms with Gasteiger partial charge in [-0.15, -0.1) is 10.2 Å². The number of thioether (sulfide) groups is 1. The fourth-order valence-electron chi connectivity index (χ4n) is 4.74. The van der Waals surface area contributed by atoms with Crippen molar-refractivity contribution in [1.82, 2.24) is 29.7 Å². The summed E-state index contributed by atoms with van der Waals surface area (Å²) >= 11 is 3.28. The molecule has 45 heavy (non-hydrogen) atoms. The van der Waals surface area contributed by atoms with Crippen molar-refractivity contribution in [3.8, 4) is 22.8 Å². The topological polar surface area (TPSA) is 109 Å². The third-order valence-electron chi connectivity index (χ3n) is 7.52. The van der Waals surface area contributed by atoms with Crippen molar-refractivity contribution in [2.75, 3.05) is 11.6 Å². The largest absolute Gasteiger partial charge is 0.507 e. The number of fused-ring (bicyclic) bond motifs is 1. The van der Waals surface area contributed by atoms with E-state index in [0.717, 1.165) is 32.3 Å². The first-order chi connectivity index (χ1) is 21.7. The summed E-state index contributed by atoms with van der Waals surface area (Å²) in [4.78, 5) is 15.2. The second kappa shape index (κ2) is 12.7. The van der Waals surface area contributed by atoms with E-state index in [4.69, 9.17) is 5.10 Å². The Morgan fingerprint density at radius 3 is 2.49 bits per heavy atom. The molecule has 6 aromatic rings. The minimum absolute atomic E-state index is 0.144. The van der Waals surface area contributed by atoms with Crippen LogP contribution in [0.1, 0.15) is 30.7 Å². The lowest BCUT2D eigenvalue weighted by Gasteiger charge is -2.18. The molecule has 3 heterocycles. The number of hydrogen-bond acceptors (Lipinski definition) is 7. The van der Waals surface area contributed by atoms with Gasteiger partial charge in [0, 0.05) is 28.6 Å². The molecule has 0 saturated heterocycles. The number of rotatable bonds is 9. The van der Waals surface area contributed by atoms with Crippen LogP contribution in [0.5, 0.6) is 5.75 Å². The maximum absolute atomic E-state index is 13.2. The summed E-state index contributed by atoms with van der Waals surface area (Å²) in [5.74, 6) is 1.30. The Morgan fingerprint density at radius 2 is 1.71 bits per heavy atom. The van der Waals surface area contributed by atoms with Gasteiger partial charge in [0.25, 0.3) is 0 Å². The van der Waals surface area contributed by atoms with Crippen molar-refractivity contribution in [2.45, 2.75) is 41.9 Å². The average Bonchev–Trinajstić information content (AvgIpc) is 3.66. The molecule has 0 aliphatic carbocycles. The summed E-state index contributed by atoms with van der Waals surface area (Å²) in [5.41, 5.74) is 5.16. The number of para-hydroxylation sites is 1. The van der Waals surface area contributed by atoms with Gasteiger partial charge in [0.2, 0.25) is 0 Å². The number of phenolic OH excluding ortho intramolecular Hbond substituents is 1. The predicted octanol–water partition coefficient (Wildman–Crippen LogP) is 7.67. The molecule has 0 radical (unpaired) electrons. The third-order valence-corrected chi connectivity index (χ3v) is 9.84. The summed E-state index contributed by atoms with van der Waals surface area (Å²) in [6.45, 7) is 6.60. The second-order valence-corrected chi connectivity index (χ2v) is 13.6. The van der Waals surface area contributed by atoms with E-state index < -0.39 is 0 Å². The lowest BCUT2D eigenvalue weighted by atomic mass is 10.1. The number of nitrogens with one attached hydrogen (secondary N) is 2. The van der Waals surface area contributed by atoms with Gasteiger partial charge in [-0.05, 0) is 75.1 Å². The number of aromatic hydroxyl groups is 1. The molecule has 2 amide bonds. The summed E-state index contributed by atoms with van der Waals surface area (Å²) in [5, 5.41) is 29.9. The van der Waals surface area contributed by atoms with Crippen LogP contribution in [-0.2, 0) is 11.3 Å². The number of urea groups is 1. The highest BCUT2D eigenvalue weighted by molar-refractivity contribution is 7.99. The number of benzene rings is 3. The molecule has 3 aromatic carbocycles. The molecule has 228 valence electrons. The van der Waals surface area contributed by atoms with Crippen LogP contribution in [0.25, 0.3) is 22.7 Å². The third kappa shape index (κ3) is 6.54. The molecule has 0 unspecified atom stereocenters. The van der Waals surface area contributed by atoms with Crippen molar-refractivity contribution in [3.63, 3.8) is 0 Å². The Bertz CT molecular complexity index is 1980. The second-order valence-electron chi connectivity index (χ2n) is 11.0. The molecule has 9 nitrogen and oxygen atoms in total. The fourth-order valence-corrected chi connectivity index (χ4v) is 6.02. The first-order valence-corrected chi connectivity index (χ1v) is 16.4. The average molecular weight is 636 g/mol. The number of carbonyl (C=O) groups is 1. The van der Waals surface area contributed by atoms with E-state index in [1.165, 1.54) is 0 Å². The van der Waals surface area contributed by atoms with Crippen LogP contribution >= 0.6 is 23.5 Å². The Balaban J connectivity index is 1.20. The highest BCUT2D eigenvalue weighted by Crippen LogP contribution is 2.35. The van der Waals surface area contributed by atoms with Crippen molar-refractivity contribution in [1.29, 1.82) is 0 Å². The van der Waals surface area contributed by atoms with E-state index in [-0.39, 0.29) is 16.5 Å². The normalized spacial score (nSPS) is 11.6. The van der Waals surface area contributed by atoms with Gasteiger partial charge in [-0.25, -0.2) is 9.48 Å². The summed E-state index contributed by atoms with van der Waals surface area (Å²) < 4.78 is 3.42. The highest BCUT2D eigenvalue weighted by Gasteiger charge is 2.25. The fraction of sp³-hybridized carbons (Fsp3) is 0.176. The Morgan fingerprint density at radius 1 is 0.956 bits per heavy atom. The molecule has 0 aliphatic rings. The van der Waals surface area contributed by atoms with Gasteiger partial charge in [0.15, 0.2) is 11.5 Å². The summed E-state index contributed by atoms with van der Waals surface area (Å²) in [7, 11) is 0. The standard InChI is InChI=1S/C34H33N7O2S2/c1-22-13-15-24(16-14-22)41-31(19-29(39-41)34(2,3)44-4)36-33(43)35-20-23-9-5-8-12-28(23)45-25-17-18-30-37-38-32(40(30)21-25)26-10-6-7-11-27(26)42/h5-19,21,42H,20H2,1-4H3,(H2,35,36,43). The van der Waals surface area contributed by atoms with Crippen molar-refractivity contribution >= 4 is 41.0 Å². The van der Waals surface area contributed by atoms with Crippen molar-refractivity contribution in [3.05, 3.63) is 114 Å². The van der Waals surface area contributed by atoms with Gasteiger partial charge in [0.05, 0.1) is 21.7 Å². The summed E-state index contributed by atoms with van der Waals surface area (Å²) in [6.07, 6.45) is 4.01. The van der Waals surface area contributed by atoms with Crippen molar-refractivity contribution in [2.24, 2.45) is 0 Å². The minimum Gasteiger partial charge on any atom is -0.507 e. The van der Waals surface area contributed by atoms with Crippen molar-refractivity contribution < 1.29 is 9.90 Å². The van der Waals surface area contributed by atoms with Gasteiger partial charge in [-0.3, -0.25) is 9.72 Å². The number of aryl methyl sites for hydroxylation is 1. The molecule has 0 fully saturated rings. The molecule has 3 N–H and O–H groups in total. The van der Waals surface area contributed by atoms with Gasteiger partial charge in [-0.2, -0.15) is 16.9 Å². The smallest absolute Gasteiger partial charge is 0.320 e. The van der Waals surface area contributed by atoms with Crippen LogP contribution in [0.4, 0.5) is 10.6 Å². The monoisotopic (exact) mass is 635 g/mol. The van der Waals surface area contributed by atoms with Crippen LogP contribution in [0, 0.1) is 6.92 Å². The summed E-state index contributed by atoms with van der Waals surface area (Å²) in [6, 6.07) is 28.6. The van der Waals surface area contributed by atoms with E-state index >= 15 is 0 Å². The van der Waals surface area contributed by atoms with Crippen LogP contribution in [-0.4, -0.2) is 41.8 Å². The quantitative estimate of drug-likeness (QED) is 0.150. The molecule has 0 atom stereocenters. The molecule has 0 bridgehead atoms. The van der Waals surface area contributed by atoms with Gasteiger partial charge < -0.3 is 10.4 Å². The van der Waals surface area contributed by atoms with E-state index in [0.29, 0.717) is 29.4 Å². The van der Waals surface area contributed by atoms with E-state index in [9.17, 15) is 9.90 Å². The number of carbonyl (C=O) groups excluding carboxylic acids is 1. The van der Waals surface area contributed by atoms with Gasteiger partial charge in [-0.1, -0.05) is 59.8 Å². The van der Waals surface area contributed by atoms with Crippen LogP contribution in [0.3, 0.4) is 0 Å². The number of amides is 2. The lowest BCUT2D eigenvalue weighted by Crippen LogP contribution is -2.29. The first-order valence-electron chi connectivity index (χ1n) is 14.4. The molecule has 3 aromatic heterocycles. The lowest BCUT2D eigenvalue weighted by molar-refractivity contribution is 0.251. The molecule has 0 saturated carbocycles. The van der Waals surface area contributed by atoms with Crippen LogP contribution in [0.2, 0.25) is 0 Å². The van der Waals surface area contributed by atoms with Gasteiger partial charge in [0.1, 0.15) is 11.6 Å². The molecule has 11 heteroatoms. The van der Waals surface area contributed by atoms with E-state index in [1.807, 2.05) is 96.4 Å². The van der Waals surface area contributed by atoms with Crippen LogP contribution in [0.15, 0.2) is 107 Å². The van der Waals surface area contributed by atoms with Crippen LogP contribution < -0.4 is 10.6 Å². The zero-order valence-electron chi connectivity index (χ0n) is 25.4. The molecule has 0 aliphatic heterocycles. The number of hydrogen-bond donors (Lipinski definition) is 3. The first kappa shape index (κ1) is 30.3. The molecular weight excluding hydrogens is 603 g/mol. The predicted molar refractivity (Wildman–Crippen MR) is 181 cm³/mol. The Kier molecular flexibility index (Phi) is 8.55. The molecule has 0 spiro atoms. The maximum atomic E-state index is 13.2. The zero-order chi connectivity index (χ0) is 31.6. The SMILES string of the molecule is CSC(C)(C)c1cc(NC(=O)NCc2ccccc2Sc2ccc3nnc(-c4ccccc4O)n3c2)n(-c2ccc(C)cc2)n1. The van der Waals surface area contributed by atoms with Gasteiger partial charge >= 0.3 is 6.03 Å². The zero-order valence-corrected chi connectivity index (χ0v) is 27.0. The number of pyridine rings is 1. The molecular formula is C34H33N7O2S2. The number of aromatic nitrogens is 5. The number of phenols is 1. The minimum atomic E-state index is -0.324. The molecule has 6 rings (SSSR count). The number of nitrogens with zero attached hydrogens (tertiary/aromatic N) is 5.